The number of unbranched alkanes of at least 4 members (excludes halogenated alkanes) is 1. The number of rotatable bonds is 11. The minimum absolute atomic E-state index is 0.00871. The molecular weight excluding hydrogens is 603 g/mol. The number of allylic oxidation sites excluding steroid dienone is 1. The number of thioether (sulfide) groups is 1. The molecule has 0 radical (unpaired) electrons. The molecule has 12 heteroatoms. The summed E-state index contributed by atoms with van der Waals surface area (Å²) in [6.45, 7) is 17.9. The maximum absolute atomic E-state index is 13.8. The summed E-state index contributed by atoms with van der Waals surface area (Å²) in [6, 6.07) is 3.14. The second kappa shape index (κ2) is 19.3. The zero-order chi connectivity index (χ0) is 32.6. The molecule has 1 unspecified atom stereocenters. The van der Waals surface area contributed by atoms with Crippen LogP contribution in [-0.4, -0.2) is 69.0 Å². The number of aromatic nitrogens is 1. The van der Waals surface area contributed by atoms with Crippen molar-refractivity contribution in [2.24, 2.45) is 5.92 Å². The Morgan fingerprint density at radius 1 is 1.11 bits per heavy atom. The third kappa shape index (κ3) is 9.87. The second-order valence-corrected chi connectivity index (χ2v) is 14.0. The van der Waals surface area contributed by atoms with Gasteiger partial charge >= 0.3 is 0 Å². The smallest absolute Gasteiger partial charge is 0.265 e. The van der Waals surface area contributed by atoms with E-state index in [-0.39, 0.29) is 42.7 Å². The van der Waals surface area contributed by atoms with Gasteiger partial charge in [0.2, 0.25) is 0 Å². The number of nitrogens with zero attached hydrogens (tertiary/aromatic N) is 2. The molecular formula is C32H51N3O7S2. The van der Waals surface area contributed by atoms with Gasteiger partial charge in [0.25, 0.3) is 5.91 Å². The van der Waals surface area contributed by atoms with Crippen LogP contribution in [0.4, 0.5) is 5.82 Å². The minimum Gasteiger partial charge on any atom is -0.381 e. The number of amides is 1. The number of anilines is 1. The van der Waals surface area contributed by atoms with Gasteiger partial charge in [-0.15, -0.1) is 0 Å². The van der Waals surface area contributed by atoms with Gasteiger partial charge in [-0.1, -0.05) is 65.5 Å². The number of Topliss-reactive ketones (excluding diaryl/α,β-unsaturated/α-hetero) is 1. The van der Waals surface area contributed by atoms with E-state index in [2.05, 4.69) is 37.5 Å². The van der Waals surface area contributed by atoms with Crippen LogP contribution in [0, 0.1) is 5.92 Å². The molecule has 4 rings (SSSR count). The van der Waals surface area contributed by atoms with Crippen LogP contribution in [0.2, 0.25) is 0 Å². The van der Waals surface area contributed by atoms with Gasteiger partial charge in [-0.05, 0) is 56.1 Å². The van der Waals surface area contributed by atoms with Crippen LogP contribution in [0.5, 0.6) is 0 Å². The summed E-state index contributed by atoms with van der Waals surface area (Å²) in [7, 11) is -4.12. The molecule has 1 atom stereocenters. The van der Waals surface area contributed by atoms with Crippen LogP contribution in [0.25, 0.3) is 0 Å². The van der Waals surface area contributed by atoms with Crippen molar-refractivity contribution in [2.45, 2.75) is 101 Å². The van der Waals surface area contributed by atoms with E-state index in [4.69, 9.17) is 14.3 Å². The Bertz CT molecular complexity index is 1150. The minimum atomic E-state index is -4.12. The number of hydroxylamine groups is 1. The first kappa shape index (κ1) is 37.9. The zero-order valence-corrected chi connectivity index (χ0v) is 28.5. The summed E-state index contributed by atoms with van der Waals surface area (Å²) in [6.07, 6.45) is 7.15. The van der Waals surface area contributed by atoms with Gasteiger partial charge < -0.3 is 14.4 Å². The number of hydrogen-bond acceptors (Lipinski definition) is 10. The molecule has 0 aliphatic carbocycles. The van der Waals surface area contributed by atoms with E-state index in [1.807, 2.05) is 18.7 Å². The molecule has 1 aromatic rings. The van der Waals surface area contributed by atoms with Gasteiger partial charge in [0.05, 0.1) is 4.90 Å². The highest BCUT2D eigenvalue weighted by atomic mass is 32.2. The number of piperidine rings is 1. The first-order valence-electron chi connectivity index (χ1n) is 15.8. The summed E-state index contributed by atoms with van der Waals surface area (Å²) >= 11 is 1.24. The predicted octanol–water partition coefficient (Wildman–Crippen LogP) is 5.99. The Kier molecular flexibility index (Phi) is 16.6. The molecule has 0 aromatic carbocycles. The lowest BCUT2D eigenvalue weighted by Gasteiger charge is -2.35. The fraction of sp³-hybridized carbons (Fsp3) is 0.656. The molecule has 0 bridgehead atoms. The highest BCUT2D eigenvalue weighted by Gasteiger charge is 2.53. The number of nitrogens with one attached hydrogen (secondary N) is 1. The second-order valence-electron chi connectivity index (χ2n) is 10.6. The van der Waals surface area contributed by atoms with Crippen LogP contribution in [-0.2, 0) is 33.7 Å². The monoisotopic (exact) mass is 653 g/mol. The number of sulfone groups is 1. The normalized spacial score (nSPS) is 20.2. The van der Waals surface area contributed by atoms with Gasteiger partial charge in [-0.3, -0.25) is 9.59 Å². The Balaban J connectivity index is 0.00000104. The third-order valence-electron chi connectivity index (χ3n) is 7.87. The van der Waals surface area contributed by atoms with Crippen LogP contribution >= 0.6 is 11.8 Å². The standard InChI is InChI=1S/C26H35N3O7S2.C4H10.C2H6/c1-3-37-19(2)24(30)20-9-13-29(14-10-20)22-8-7-21(18-27-22)38(32,33)26(11-16-34-17-12-26)25(31)28-36-23-6-4-5-15-35-23;1-3-4-2;1-2/h3,7-8,18,20,23H,1-2,4-6,9-17H2,(H,28,31);3-4H2,1-2H3;1-2H3. The van der Waals surface area contributed by atoms with E-state index in [9.17, 15) is 18.0 Å². The van der Waals surface area contributed by atoms with Crippen molar-refractivity contribution >= 4 is 39.1 Å². The maximum atomic E-state index is 13.8. The molecule has 3 aliphatic rings. The summed E-state index contributed by atoms with van der Waals surface area (Å²) in [5.41, 5.74) is 2.36. The van der Waals surface area contributed by atoms with Gasteiger partial charge in [-0.2, -0.15) is 0 Å². The first-order chi connectivity index (χ1) is 21.2. The van der Waals surface area contributed by atoms with E-state index in [1.165, 1.54) is 36.9 Å². The van der Waals surface area contributed by atoms with Crippen LogP contribution < -0.4 is 10.4 Å². The number of carbonyl (C=O) groups is 2. The molecule has 44 heavy (non-hydrogen) atoms. The van der Waals surface area contributed by atoms with Crippen LogP contribution in [0.1, 0.15) is 85.5 Å². The molecule has 0 saturated carbocycles. The highest BCUT2D eigenvalue weighted by Crippen LogP contribution is 2.36. The lowest BCUT2D eigenvalue weighted by atomic mass is 9.92. The molecule has 4 heterocycles. The van der Waals surface area contributed by atoms with E-state index < -0.39 is 26.8 Å². The molecule has 0 spiro atoms. The molecule has 3 aliphatic heterocycles. The van der Waals surface area contributed by atoms with Crippen molar-refractivity contribution in [1.82, 2.24) is 10.5 Å². The molecule has 1 N–H and O–H groups in total. The van der Waals surface area contributed by atoms with Gasteiger partial charge in [-0.25, -0.2) is 23.7 Å². The third-order valence-corrected chi connectivity index (χ3v) is 11.0. The number of pyridine rings is 1. The Morgan fingerprint density at radius 2 is 1.77 bits per heavy atom. The summed E-state index contributed by atoms with van der Waals surface area (Å²) in [5, 5.41) is 1.60. The van der Waals surface area contributed by atoms with E-state index in [0.717, 1.165) is 12.8 Å². The molecule has 1 aromatic heterocycles. The van der Waals surface area contributed by atoms with Gasteiger partial charge in [0, 0.05) is 56.4 Å². The molecule has 248 valence electrons. The topological polar surface area (TPSA) is 124 Å². The number of hydrogen-bond donors (Lipinski definition) is 1. The number of ether oxygens (including phenoxy) is 2. The highest BCUT2D eigenvalue weighted by molar-refractivity contribution is 8.06. The molecule has 3 saturated heterocycles. The Morgan fingerprint density at radius 3 is 2.30 bits per heavy atom. The average molecular weight is 654 g/mol. The van der Waals surface area contributed by atoms with Crippen molar-refractivity contribution in [2.75, 3.05) is 37.8 Å². The number of carbonyl (C=O) groups excluding carboxylic acids is 2. The summed E-state index contributed by atoms with van der Waals surface area (Å²) < 4.78 is 36.8. The largest absolute Gasteiger partial charge is 0.381 e. The van der Waals surface area contributed by atoms with Gasteiger partial charge in [0.15, 0.2) is 26.7 Å². The summed E-state index contributed by atoms with van der Waals surface area (Å²) in [5.74, 6) is -0.151. The van der Waals surface area contributed by atoms with Crippen molar-refractivity contribution in [3.63, 3.8) is 0 Å². The van der Waals surface area contributed by atoms with E-state index in [1.54, 1.807) is 11.5 Å². The summed E-state index contributed by atoms with van der Waals surface area (Å²) in [4.78, 5) is 38.1. The fourth-order valence-electron chi connectivity index (χ4n) is 5.04. The molecule has 10 nitrogen and oxygen atoms in total. The Labute approximate surface area is 268 Å². The molecule has 3 fully saturated rings. The lowest BCUT2D eigenvalue weighted by molar-refractivity contribution is -0.202. The van der Waals surface area contributed by atoms with Crippen LogP contribution in [0.15, 0.2) is 46.7 Å². The zero-order valence-electron chi connectivity index (χ0n) is 26.8. The number of ketones is 1. The van der Waals surface area contributed by atoms with E-state index >= 15 is 0 Å². The van der Waals surface area contributed by atoms with Crippen molar-refractivity contribution < 1.29 is 32.3 Å². The SMILES string of the molecule is C=CSC(=C)C(=O)C1CCN(c2ccc(S(=O)(=O)C3(C(=O)NOC4CCCCO4)CCOCC3)cn2)CC1.CC.CCCC. The molecule has 1 amide bonds. The maximum Gasteiger partial charge on any atom is 0.265 e. The Hall–Kier alpha value is -2.25. The van der Waals surface area contributed by atoms with Crippen molar-refractivity contribution in [3.8, 4) is 0 Å². The van der Waals surface area contributed by atoms with Crippen molar-refractivity contribution in [1.29, 1.82) is 0 Å². The quantitative estimate of drug-likeness (QED) is 0.225. The first-order valence-corrected chi connectivity index (χ1v) is 18.2. The average Bonchev–Trinajstić information content (AvgIpc) is 3.08. The van der Waals surface area contributed by atoms with E-state index in [0.29, 0.717) is 49.7 Å². The predicted molar refractivity (Wildman–Crippen MR) is 176 cm³/mol. The van der Waals surface area contributed by atoms with Crippen LogP contribution in [0.3, 0.4) is 0 Å². The lowest BCUT2D eigenvalue weighted by Crippen LogP contribution is -2.56. The van der Waals surface area contributed by atoms with Gasteiger partial charge in [0.1, 0.15) is 5.82 Å². The van der Waals surface area contributed by atoms with Crippen molar-refractivity contribution in [3.05, 3.63) is 41.8 Å². The fourth-order valence-corrected chi connectivity index (χ4v) is 7.40.